The van der Waals surface area contributed by atoms with Crippen LogP contribution in [0.3, 0.4) is 0 Å². The number of benzene rings is 2. The molecule has 2 N–H and O–H groups in total. The van der Waals surface area contributed by atoms with Gasteiger partial charge in [0.15, 0.2) is 0 Å². The van der Waals surface area contributed by atoms with E-state index in [9.17, 15) is 10.2 Å². The third-order valence-corrected chi connectivity index (χ3v) is 4.83. The van der Waals surface area contributed by atoms with Crippen molar-refractivity contribution in [1.29, 1.82) is 0 Å². The Hall–Kier alpha value is -2.46. The van der Waals surface area contributed by atoms with Gasteiger partial charge < -0.3 is 14.9 Å². The first kappa shape index (κ1) is 12.1. The molecule has 0 saturated carbocycles. The molecule has 0 radical (unpaired) electrons. The molecule has 2 unspecified atom stereocenters. The molecule has 110 valence electrons. The third-order valence-electron chi connectivity index (χ3n) is 4.83. The van der Waals surface area contributed by atoms with Gasteiger partial charge in [0.05, 0.1) is 17.9 Å². The zero-order valence-corrected chi connectivity index (χ0v) is 11.9. The van der Waals surface area contributed by atoms with Gasteiger partial charge in [-0.2, -0.15) is 0 Å². The molecule has 0 amide bonds. The van der Waals surface area contributed by atoms with Gasteiger partial charge in [0.1, 0.15) is 0 Å². The van der Waals surface area contributed by atoms with E-state index in [0.717, 1.165) is 27.6 Å². The SMILES string of the molecule is Oc1c2c(c(O)n1-c1cccc3ccccc13)CC1OC1C2. The van der Waals surface area contributed by atoms with Crippen molar-refractivity contribution < 1.29 is 14.9 Å². The minimum Gasteiger partial charge on any atom is -0.494 e. The van der Waals surface area contributed by atoms with Gasteiger partial charge in [-0.1, -0.05) is 36.4 Å². The van der Waals surface area contributed by atoms with Crippen LogP contribution in [0.15, 0.2) is 42.5 Å². The summed E-state index contributed by atoms with van der Waals surface area (Å²) in [5.74, 6) is 0.274. The van der Waals surface area contributed by atoms with Gasteiger partial charge in [-0.15, -0.1) is 0 Å². The first-order valence-corrected chi connectivity index (χ1v) is 7.52. The van der Waals surface area contributed by atoms with Crippen LogP contribution >= 0.6 is 0 Å². The molecule has 2 aromatic carbocycles. The van der Waals surface area contributed by atoms with Gasteiger partial charge >= 0.3 is 0 Å². The van der Waals surface area contributed by atoms with E-state index in [-0.39, 0.29) is 24.0 Å². The first-order chi connectivity index (χ1) is 10.7. The monoisotopic (exact) mass is 293 g/mol. The van der Waals surface area contributed by atoms with Crippen molar-refractivity contribution in [3.05, 3.63) is 53.6 Å². The summed E-state index contributed by atoms with van der Waals surface area (Å²) in [6.07, 6.45) is 1.77. The minimum atomic E-state index is 0.137. The summed E-state index contributed by atoms with van der Waals surface area (Å²) in [7, 11) is 0. The van der Waals surface area contributed by atoms with Gasteiger partial charge in [-0.05, 0) is 11.5 Å². The van der Waals surface area contributed by atoms with E-state index < -0.39 is 0 Å². The van der Waals surface area contributed by atoms with E-state index in [1.54, 1.807) is 4.57 Å². The zero-order chi connectivity index (χ0) is 14.8. The lowest BCUT2D eigenvalue weighted by Crippen LogP contribution is -2.09. The topological polar surface area (TPSA) is 57.9 Å². The summed E-state index contributed by atoms with van der Waals surface area (Å²) in [4.78, 5) is 0. The van der Waals surface area contributed by atoms with Crippen molar-refractivity contribution in [2.24, 2.45) is 0 Å². The van der Waals surface area contributed by atoms with Crippen LogP contribution in [-0.4, -0.2) is 27.0 Å². The van der Waals surface area contributed by atoms with E-state index in [1.807, 2.05) is 42.5 Å². The number of hydrogen-bond donors (Lipinski definition) is 2. The van der Waals surface area contributed by atoms with Crippen LogP contribution in [0.25, 0.3) is 16.5 Å². The minimum absolute atomic E-state index is 0.137. The summed E-state index contributed by atoms with van der Waals surface area (Å²) < 4.78 is 7.08. The molecule has 2 aliphatic rings. The average Bonchev–Trinajstić information content (AvgIpc) is 3.27. The highest BCUT2D eigenvalue weighted by atomic mass is 16.6. The van der Waals surface area contributed by atoms with Crippen molar-refractivity contribution in [1.82, 2.24) is 4.57 Å². The Morgan fingerprint density at radius 1 is 0.864 bits per heavy atom. The Kier molecular flexibility index (Phi) is 2.23. The highest BCUT2D eigenvalue weighted by molar-refractivity contribution is 5.90. The second-order valence-electron chi connectivity index (χ2n) is 6.06. The summed E-state index contributed by atoms with van der Waals surface area (Å²) in [6.45, 7) is 0. The lowest BCUT2D eigenvalue weighted by molar-refractivity contribution is 0.366. The average molecular weight is 293 g/mol. The first-order valence-electron chi connectivity index (χ1n) is 7.52. The third kappa shape index (κ3) is 1.50. The predicted octanol–water partition coefficient (Wildman–Crippen LogP) is 2.91. The summed E-state index contributed by atoms with van der Waals surface area (Å²) in [6, 6.07) is 13.9. The van der Waals surface area contributed by atoms with Crippen molar-refractivity contribution in [3.63, 3.8) is 0 Å². The number of aromatic nitrogens is 1. The van der Waals surface area contributed by atoms with Crippen LogP contribution in [0, 0.1) is 0 Å². The van der Waals surface area contributed by atoms with Crippen LogP contribution in [0.5, 0.6) is 11.8 Å². The molecule has 0 spiro atoms. The highest BCUT2D eigenvalue weighted by Crippen LogP contribution is 2.46. The smallest absolute Gasteiger partial charge is 0.202 e. The van der Waals surface area contributed by atoms with E-state index >= 15 is 0 Å². The fraction of sp³-hybridized carbons (Fsp3) is 0.222. The van der Waals surface area contributed by atoms with Crippen LogP contribution in [0.4, 0.5) is 0 Å². The summed E-state index contributed by atoms with van der Waals surface area (Å²) in [5.41, 5.74) is 2.45. The van der Waals surface area contributed by atoms with Gasteiger partial charge in [0.25, 0.3) is 0 Å². The Bertz CT molecular complexity index is 873. The molecule has 3 aromatic rings. The molecule has 22 heavy (non-hydrogen) atoms. The number of epoxide rings is 1. The van der Waals surface area contributed by atoms with Crippen LogP contribution in [0.1, 0.15) is 11.1 Å². The predicted molar refractivity (Wildman–Crippen MR) is 82.7 cm³/mol. The Morgan fingerprint density at radius 2 is 1.50 bits per heavy atom. The maximum atomic E-state index is 10.7. The number of rotatable bonds is 1. The van der Waals surface area contributed by atoms with Crippen molar-refractivity contribution >= 4 is 10.8 Å². The number of fused-ring (bicyclic) bond motifs is 3. The molecule has 2 atom stereocenters. The van der Waals surface area contributed by atoms with Gasteiger partial charge in [-0.3, -0.25) is 4.57 Å². The van der Waals surface area contributed by atoms with Gasteiger partial charge in [0.2, 0.25) is 11.8 Å². The van der Waals surface area contributed by atoms with E-state index in [0.29, 0.717) is 12.8 Å². The van der Waals surface area contributed by atoms with Crippen LogP contribution < -0.4 is 0 Å². The molecule has 4 heteroatoms. The molecule has 1 saturated heterocycles. The van der Waals surface area contributed by atoms with Crippen LogP contribution in [0.2, 0.25) is 0 Å². The molecule has 1 aliphatic heterocycles. The quantitative estimate of drug-likeness (QED) is 0.678. The number of ether oxygens (including phenoxy) is 1. The Labute approximate surface area is 127 Å². The van der Waals surface area contributed by atoms with Crippen molar-refractivity contribution in [3.8, 4) is 17.4 Å². The molecule has 1 aliphatic carbocycles. The molecule has 1 fully saturated rings. The number of nitrogens with zero attached hydrogens (tertiary/aromatic N) is 1. The molecular weight excluding hydrogens is 278 g/mol. The molecular formula is C18H15NO3. The number of aromatic hydroxyl groups is 2. The van der Waals surface area contributed by atoms with E-state index in [1.165, 1.54) is 0 Å². The summed E-state index contributed by atoms with van der Waals surface area (Å²) in [5, 5.41) is 23.4. The lowest BCUT2D eigenvalue weighted by Gasteiger charge is -2.10. The standard InChI is InChI=1S/C18H15NO3/c20-17-12-8-15-16(22-15)9-13(12)18(21)19(17)14-7-3-5-10-4-1-2-6-11(10)14/h1-7,15-16,20-21H,8-9H2. The molecule has 0 bridgehead atoms. The van der Waals surface area contributed by atoms with Crippen molar-refractivity contribution in [2.75, 3.05) is 0 Å². The van der Waals surface area contributed by atoms with Crippen molar-refractivity contribution in [2.45, 2.75) is 25.0 Å². The fourth-order valence-corrected chi connectivity index (χ4v) is 3.64. The second kappa shape index (κ2) is 4.05. The zero-order valence-electron chi connectivity index (χ0n) is 11.9. The maximum Gasteiger partial charge on any atom is 0.202 e. The number of hydrogen-bond acceptors (Lipinski definition) is 3. The Morgan fingerprint density at radius 3 is 2.23 bits per heavy atom. The van der Waals surface area contributed by atoms with E-state index in [4.69, 9.17) is 4.74 Å². The van der Waals surface area contributed by atoms with Gasteiger partial charge in [0, 0.05) is 29.4 Å². The molecule has 5 rings (SSSR count). The fourth-order valence-electron chi connectivity index (χ4n) is 3.64. The molecule has 4 nitrogen and oxygen atoms in total. The van der Waals surface area contributed by atoms with Gasteiger partial charge in [-0.25, -0.2) is 0 Å². The normalized spacial score (nSPS) is 22.4. The van der Waals surface area contributed by atoms with E-state index in [2.05, 4.69) is 0 Å². The highest BCUT2D eigenvalue weighted by Gasteiger charge is 2.46. The Balaban J connectivity index is 1.79. The molecule has 2 heterocycles. The lowest BCUT2D eigenvalue weighted by atomic mass is 9.95. The molecule has 1 aromatic heterocycles. The largest absolute Gasteiger partial charge is 0.494 e. The summed E-state index contributed by atoms with van der Waals surface area (Å²) >= 11 is 0. The van der Waals surface area contributed by atoms with Crippen LogP contribution in [-0.2, 0) is 17.6 Å². The second-order valence-corrected chi connectivity index (χ2v) is 6.06. The maximum absolute atomic E-state index is 10.7.